The largest absolute Gasteiger partial charge is 0.271 e. The summed E-state index contributed by atoms with van der Waals surface area (Å²) in [5.74, 6) is 4.78. The molecule has 0 fully saturated rings. The standard InChI is InChI=1S/C15H14BrClF2N2/c16-10-5-4-9(15(19)7-10)6-11(21-20)8-12-13(17)2-1-3-14(12)18/h1-5,7,11,21H,6,8,20H2. The highest BCUT2D eigenvalue weighted by Gasteiger charge is 2.16. The first-order valence-electron chi connectivity index (χ1n) is 6.34. The first-order chi connectivity index (χ1) is 10.0. The molecular formula is C15H14BrClF2N2. The Morgan fingerprint density at radius 1 is 1.14 bits per heavy atom. The molecule has 0 radical (unpaired) electrons. The van der Waals surface area contributed by atoms with E-state index >= 15 is 0 Å². The van der Waals surface area contributed by atoms with E-state index < -0.39 is 0 Å². The van der Waals surface area contributed by atoms with Crippen LogP contribution < -0.4 is 11.3 Å². The molecule has 0 amide bonds. The lowest BCUT2D eigenvalue weighted by atomic mass is 9.99. The Morgan fingerprint density at radius 3 is 2.52 bits per heavy atom. The molecule has 2 aromatic carbocycles. The van der Waals surface area contributed by atoms with Crippen LogP contribution in [-0.4, -0.2) is 6.04 Å². The number of hydrogen-bond donors (Lipinski definition) is 2. The summed E-state index contributed by atoms with van der Waals surface area (Å²) in [4.78, 5) is 0. The van der Waals surface area contributed by atoms with Gasteiger partial charge >= 0.3 is 0 Å². The molecule has 3 N–H and O–H groups in total. The maximum atomic E-state index is 13.8. The third-order valence-electron chi connectivity index (χ3n) is 3.23. The number of benzene rings is 2. The molecule has 0 saturated carbocycles. The lowest BCUT2D eigenvalue weighted by Crippen LogP contribution is -2.39. The van der Waals surface area contributed by atoms with Crippen LogP contribution in [0.25, 0.3) is 0 Å². The number of halogens is 4. The normalized spacial score (nSPS) is 12.4. The molecule has 1 unspecified atom stereocenters. The number of rotatable bonds is 5. The van der Waals surface area contributed by atoms with Crippen LogP contribution in [0.5, 0.6) is 0 Å². The van der Waals surface area contributed by atoms with Gasteiger partial charge in [-0.05, 0) is 42.7 Å². The highest BCUT2D eigenvalue weighted by atomic mass is 79.9. The molecule has 0 aromatic heterocycles. The quantitative estimate of drug-likeness (QED) is 0.612. The third-order valence-corrected chi connectivity index (χ3v) is 4.08. The SMILES string of the molecule is NNC(Cc1ccc(Br)cc1F)Cc1c(F)cccc1Cl. The second kappa shape index (κ2) is 7.31. The Kier molecular flexibility index (Phi) is 5.70. The minimum absolute atomic E-state index is 0.275. The van der Waals surface area contributed by atoms with E-state index in [0.717, 1.165) is 0 Å². The van der Waals surface area contributed by atoms with Crippen LogP contribution in [0.3, 0.4) is 0 Å². The van der Waals surface area contributed by atoms with Crippen LogP contribution in [0.2, 0.25) is 5.02 Å². The highest BCUT2D eigenvalue weighted by molar-refractivity contribution is 9.10. The first kappa shape index (κ1) is 16.4. The van der Waals surface area contributed by atoms with E-state index in [1.807, 2.05) is 0 Å². The molecule has 0 saturated heterocycles. The van der Waals surface area contributed by atoms with Crippen molar-refractivity contribution in [2.45, 2.75) is 18.9 Å². The van der Waals surface area contributed by atoms with Crippen LogP contribution >= 0.6 is 27.5 Å². The second-order valence-corrected chi connectivity index (χ2v) is 6.03. The van der Waals surface area contributed by atoms with E-state index in [9.17, 15) is 8.78 Å². The van der Waals surface area contributed by atoms with Crippen molar-refractivity contribution in [3.05, 3.63) is 68.7 Å². The summed E-state index contributed by atoms with van der Waals surface area (Å²) in [6.45, 7) is 0. The van der Waals surface area contributed by atoms with Crippen LogP contribution in [0.1, 0.15) is 11.1 Å². The smallest absolute Gasteiger partial charge is 0.127 e. The molecule has 0 aliphatic heterocycles. The fraction of sp³-hybridized carbons (Fsp3) is 0.200. The second-order valence-electron chi connectivity index (χ2n) is 4.71. The minimum Gasteiger partial charge on any atom is -0.271 e. The predicted molar refractivity (Wildman–Crippen MR) is 84.0 cm³/mol. The van der Waals surface area contributed by atoms with Gasteiger partial charge in [0.25, 0.3) is 0 Å². The van der Waals surface area contributed by atoms with Crippen molar-refractivity contribution < 1.29 is 8.78 Å². The zero-order valence-corrected chi connectivity index (χ0v) is 13.4. The van der Waals surface area contributed by atoms with Gasteiger partial charge in [-0.25, -0.2) is 8.78 Å². The Bertz CT molecular complexity index is 617. The van der Waals surface area contributed by atoms with Crippen LogP contribution in [0.4, 0.5) is 8.78 Å². The number of nitrogens with one attached hydrogen (secondary N) is 1. The fourth-order valence-electron chi connectivity index (χ4n) is 2.12. The van der Waals surface area contributed by atoms with Crippen molar-refractivity contribution in [3.63, 3.8) is 0 Å². The summed E-state index contributed by atoms with van der Waals surface area (Å²) in [6.07, 6.45) is 0.609. The van der Waals surface area contributed by atoms with Crippen molar-refractivity contribution in [2.24, 2.45) is 5.84 Å². The summed E-state index contributed by atoms with van der Waals surface area (Å²) >= 11 is 9.20. The molecule has 112 valence electrons. The van der Waals surface area contributed by atoms with Crippen molar-refractivity contribution in [1.82, 2.24) is 5.43 Å². The zero-order valence-electron chi connectivity index (χ0n) is 11.0. The number of hydrogen-bond acceptors (Lipinski definition) is 2. The van der Waals surface area contributed by atoms with Crippen molar-refractivity contribution in [3.8, 4) is 0 Å². The molecule has 1 atom stereocenters. The Labute approximate surface area is 135 Å². The van der Waals surface area contributed by atoms with E-state index in [-0.39, 0.29) is 24.1 Å². The maximum absolute atomic E-state index is 13.8. The van der Waals surface area contributed by atoms with Gasteiger partial charge in [0.05, 0.1) is 0 Å². The Balaban J connectivity index is 2.17. The number of hydrazine groups is 1. The molecule has 0 aliphatic carbocycles. The van der Waals surface area contributed by atoms with Gasteiger partial charge in [0.15, 0.2) is 0 Å². The first-order valence-corrected chi connectivity index (χ1v) is 7.51. The van der Waals surface area contributed by atoms with Gasteiger partial charge in [0, 0.05) is 21.1 Å². The van der Waals surface area contributed by atoms with E-state index in [1.165, 1.54) is 12.1 Å². The molecule has 2 aromatic rings. The monoisotopic (exact) mass is 374 g/mol. The molecule has 0 aliphatic rings. The molecule has 6 heteroatoms. The number of nitrogens with two attached hydrogens (primary N) is 1. The Morgan fingerprint density at radius 2 is 1.90 bits per heavy atom. The lowest BCUT2D eigenvalue weighted by Gasteiger charge is -2.17. The van der Waals surface area contributed by atoms with Gasteiger partial charge in [0.1, 0.15) is 11.6 Å². The van der Waals surface area contributed by atoms with Gasteiger partial charge in [-0.1, -0.05) is 39.7 Å². The van der Waals surface area contributed by atoms with Crippen LogP contribution in [0.15, 0.2) is 40.9 Å². The predicted octanol–water partition coefficient (Wildman–Crippen LogP) is 4.00. The summed E-state index contributed by atoms with van der Waals surface area (Å²) in [5, 5.41) is 0.339. The topological polar surface area (TPSA) is 38.0 Å². The van der Waals surface area contributed by atoms with Crippen LogP contribution in [-0.2, 0) is 12.8 Å². The molecule has 0 spiro atoms. The average Bonchev–Trinajstić information content (AvgIpc) is 2.44. The molecule has 21 heavy (non-hydrogen) atoms. The highest BCUT2D eigenvalue weighted by Crippen LogP contribution is 2.22. The maximum Gasteiger partial charge on any atom is 0.127 e. The minimum atomic E-state index is -0.390. The molecule has 0 heterocycles. The van der Waals surface area contributed by atoms with Gasteiger partial charge in [-0.3, -0.25) is 11.3 Å². The van der Waals surface area contributed by atoms with Gasteiger partial charge in [0.2, 0.25) is 0 Å². The van der Waals surface area contributed by atoms with Crippen molar-refractivity contribution in [1.29, 1.82) is 0 Å². The van der Waals surface area contributed by atoms with E-state index in [0.29, 0.717) is 27.0 Å². The lowest BCUT2D eigenvalue weighted by molar-refractivity contribution is 0.494. The van der Waals surface area contributed by atoms with Crippen LogP contribution in [0, 0.1) is 11.6 Å². The van der Waals surface area contributed by atoms with E-state index in [1.54, 1.807) is 24.3 Å². The van der Waals surface area contributed by atoms with E-state index in [2.05, 4.69) is 21.4 Å². The van der Waals surface area contributed by atoms with Gasteiger partial charge < -0.3 is 0 Å². The molecule has 0 bridgehead atoms. The Hall–Kier alpha value is -1.01. The summed E-state index contributed by atoms with van der Waals surface area (Å²) in [5.41, 5.74) is 3.47. The van der Waals surface area contributed by atoms with Crippen molar-refractivity contribution in [2.75, 3.05) is 0 Å². The fourth-order valence-corrected chi connectivity index (χ4v) is 2.69. The van der Waals surface area contributed by atoms with E-state index in [4.69, 9.17) is 17.4 Å². The van der Waals surface area contributed by atoms with Gasteiger partial charge in [-0.15, -0.1) is 0 Å². The third kappa shape index (κ3) is 4.23. The summed E-state index contributed by atoms with van der Waals surface area (Å²) < 4.78 is 28.3. The zero-order chi connectivity index (χ0) is 15.4. The molecular weight excluding hydrogens is 362 g/mol. The summed E-state index contributed by atoms with van der Waals surface area (Å²) in [7, 11) is 0. The molecule has 2 rings (SSSR count). The average molecular weight is 376 g/mol. The van der Waals surface area contributed by atoms with Gasteiger partial charge in [-0.2, -0.15) is 0 Å². The summed E-state index contributed by atoms with van der Waals surface area (Å²) in [6, 6.07) is 8.99. The molecule has 2 nitrogen and oxygen atoms in total. The van der Waals surface area contributed by atoms with Crippen molar-refractivity contribution >= 4 is 27.5 Å².